The molecule has 4 aromatic rings. The average molecular weight is 461 g/mol. The SMILES string of the molecule is COc1ccccc1NC(=O)c1cc2ccccc2cc1OCC(=O)Nc1ccccc1Cl. The first-order valence-corrected chi connectivity index (χ1v) is 10.6. The lowest BCUT2D eigenvalue weighted by Gasteiger charge is -2.15. The Morgan fingerprint density at radius 3 is 2.15 bits per heavy atom. The molecule has 0 unspecified atom stereocenters. The molecular weight excluding hydrogens is 440 g/mol. The minimum Gasteiger partial charge on any atom is -0.495 e. The van der Waals surface area contributed by atoms with Crippen LogP contribution >= 0.6 is 11.6 Å². The van der Waals surface area contributed by atoms with Crippen molar-refractivity contribution in [2.24, 2.45) is 0 Å². The van der Waals surface area contributed by atoms with Crippen LogP contribution in [0.3, 0.4) is 0 Å². The summed E-state index contributed by atoms with van der Waals surface area (Å²) >= 11 is 6.10. The van der Waals surface area contributed by atoms with Gasteiger partial charge < -0.3 is 20.1 Å². The van der Waals surface area contributed by atoms with Crippen molar-refractivity contribution >= 4 is 45.6 Å². The van der Waals surface area contributed by atoms with Crippen LogP contribution in [0.15, 0.2) is 84.9 Å². The molecule has 0 bridgehead atoms. The minimum absolute atomic E-state index is 0.287. The van der Waals surface area contributed by atoms with E-state index in [2.05, 4.69) is 10.6 Å². The van der Waals surface area contributed by atoms with E-state index < -0.39 is 5.91 Å². The molecule has 7 heteroatoms. The molecule has 4 rings (SSSR count). The van der Waals surface area contributed by atoms with Gasteiger partial charge in [0, 0.05) is 0 Å². The molecule has 166 valence electrons. The van der Waals surface area contributed by atoms with Crippen LogP contribution in [0.1, 0.15) is 10.4 Å². The molecule has 0 aliphatic rings. The lowest BCUT2D eigenvalue weighted by molar-refractivity contribution is -0.118. The molecule has 0 saturated carbocycles. The van der Waals surface area contributed by atoms with E-state index in [4.69, 9.17) is 21.1 Å². The Bertz CT molecular complexity index is 1320. The van der Waals surface area contributed by atoms with Gasteiger partial charge in [-0.1, -0.05) is 60.1 Å². The number of rotatable bonds is 7. The van der Waals surface area contributed by atoms with Gasteiger partial charge in [0.2, 0.25) is 0 Å². The van der Waals surface area contributed by atoms with Crippen molar-refractivity contribution in [3.63, 3.8) is 0 Å². The highest BCUT2D eigenvalue weighted by atomic mass is 35.5. The van der Waals surface area contributed by atoms with Crippen LogP contribution in [0.5, 0.6) is 11.5 Å². The van der Waals surface area contributed by atoms with E-state index in [1.807, 2.05) is 30.3 Å². The van der Waals surface area contributed by atoms with Gasteiger partial charge >= 0.3 is 0 Å². The summed E-state index contributed by atoms with van der Waals surface area (Å²) < 4.78 is 11.1. The molecule has 6 nitrogen and oxygen atoms in total. The van der Waals surface area contributed by atoms with Crippen molar-refractivity contribution in [1.82, 2.24) is 0 Å². The topological polar surface area (TPSA) is 76.7 Å². The van der Waals surface area contributed by atoms with Crippen molar-refractivity contribution < 1.29 is 19.1 Å². The molecule has 0 aromatic heterocycles. The van der Waals surface area contributed by atoms with Crippen LogP contribution in [-0.4, -0.2) is 25.5 Å². The number of para-hydroxylation sites is 3. The van der Waals surface area contributed by atoms with Crippen LogP contribution in [-0.2, 0) is 4.79 Å². The third kappa shape index (κ3) is 5.25. The van der Waals surface area contributed by atoms with E-state index in [-0.39, 0.29) is 18.3 Å². The molecule has 0 spiro atoms. The predicted molar refractivity (Wildman–Crippen MR) is 130 cm³/mol. The number of fused-ring (bicyclic) bond motifs is 1. The molecule has 0 saturated heterocycles. The standard InChI is InChI=1S/C26H21ClN2O4/c1-32-23-13-7-6-12-22(23)29-26(31)19-14-17-8-2-3-9-18(17)15-24(19)33-16-25(30)28-21-11-5-4-10-20(21)27/h2-15H,16H2,1H3,(H,28,30)(H,29,31). The highest BCUT2D eigenvalue weighted by Gasteiger charge is 2.17. The molecule has 0 aliphatic heterocycles. The van der Waals surface area contributed by atoms with Crippen molar-refractivity contribution in [3.05, 3.63) is 95.5 Å². The predicted octanol–water partition coefficient (Wildman–Crippen LogP) is 5.77. The fourth-order valence-electron chi connectivity index (χ4n) is 3.35. The van der Waals surface area contributed by atoms with E-state index in [1.165, 1.54) is 7.11 Å². The first-order chi connectivity index (χ1) is 16.0. The van der Waals surface area contributed by atoms with E-state index in [0.717, 1.165) is 10.8 Å². The number of anilines is 2. The number of carbonyl (C=O) groups excluding carboxylic acids is 2. The van der Waals surface area contributed by atoms with Gasteiger partial charge in [-0.05, 0) is 47.2 Å². The number of methoxy groups -OCH3 is 1. The molecule has 0 radical (unpaired) electrons. The molecular formula is C26H21ClN2O4. The Kier molecular flexibility index (Phi) is 6.76. The van der Waals surface area contributed by atoms with Gasteiger partial charge in [-0.25, -0.2) is 0 Å². The summed E-state index contributed by atoms with van der Waals surface area (Å²) in [7, 11) is 1.53. The minimum atomic E-state index is -0.396. The lowest BCUT2D eigenvalue weighted by Crippen LogP contribution is -2.22. The quantitative estimate of drug-likeness (QED) is 0.367. The largest absolute Gasteiger partial charge is 0.495 e. The van der Waals surface area contributed by atoms with Crippen molar-refractivity contribution in [1.29, 1.82) is 0 Å². The number of amides is 2. The zero-order valence-corrected chi connectivity index (χ0v) is 18.6. The zero-order chi connectivity index (χ0) is 23.2. The number of halogens is 1. The second kappa shape index (κ2) is 10.1. The van der Waals surface area contributed by atoms with Crippen LogP contribution in [0.2, 0.25) is 5.02 Å². The number of hydrogen-bond acceptors (Lipinski definition) is 4. The van der Waals surface area contributed by atoms with Crippen LogP contribution < -0.4 is 20.1 Å². The summed E-state index contributed by atoms with van der Waals surface area (Å²) in [4.78, 5) is 25.6. The van der Waals surface area contributed by atoms with E-state index in [0.29, 0.717) is 27.7 Å². The molecule has 0 atom stereocenters. The number of ether oxygens (including phenoxy) is 2. The van der Waals surface area contributed by atoms with Crippen molar-refractivity contribution in [3.8, 4) is 11.5 Å². The summed E-state index contributed by atoms with van der Waals surface area (Å²) in [5.41, 5.74) is 1.31. The highest BCUT2D eigenvalue weighted by Crippen LogP contribution is 2.29. The summed E-state index contributed by atoms with van der Waals surface area (Å²) in [5.74, 6) is 0.0442. The third-order valence-electron chi connectivity index (χ3n) is 4.95. The Balaban J connectivity index is 1.58. The highest BCUT2D eigenvalue weighted by molar-refractivity contribution is 6.33. The van der Waals surface area contributed by atoms with Gasteiger partial charge in [0.15, 0.2) is 6.61 Å². The molecule has 0 aliphatic carbocycles. The molecule has 2 amide bonds. The zero-order valence-electron chi connectivity index (χ0n) is 17.8. The maximum atomic E-state index is 13.2. The fraction of sp³-hybridized carbons (Fsp3) is 0.0769. The summed E-state index contributed by atoms with van der Waals surface area (Å²) in [5, 5.41) is 7.74. The van der Waals surface area contributed by atoms with Gasteiger partial charge in [-0.3, -0.25) is 9.59 Å². The van der Waals surface area contributed by atoms with E-state index in [1.54, 1.807) is 54.6 Å². The van der Waals surface area contributed by atoms with Crippen molar-refractivity contribution in [2.45, 2.75) is 0 Å². The Hall–Kier alpha value is -4.03. The first kappa shape index (κ1) is 22.2. The number of hydrogen-bond donors (Lipinski definition) is 2. The molecule has 0 fully saturated rings. The normalized spacial score (nSPS) is 10.5. The van der Waals surface area contributed by atoms with Crippen LogP contribution in [0.4, 0.5) is 11.4 Å². The Morgan fingerprint density at radius 2 is 1.42 bits per heavy atom. The average Bonchev–Trinajstić information content (AvgIpc) is 2.84. The maximum Gasteiger partial charge on any atom is 0.262 e. The smallest absolute Gasteiger partial charge is 0.262 e. The third-order valence-corrected chi connectivity index (χ3v) is 5.28. The fourth-order valence-corrected chi connectivity index (χ4v) is 3.53. The monoisotopic (exact) mass is 460 g/mol. The van der Waals surface area contributed by atoms with E-state index >= 15 is 0 Å². The summed E-state index contributed by atoms with van der Waals surface area (Å²) in [6.07, 6.45) is 0. The number of carbonyl (C=O) groups is 2. The van der Waals surface area contributed by atoms with E-state index in [9.17, 15) is 9.59 Å². The molecule has 4 aromatic carbocycles. The van der Waals surface area contributed by atoms with Gasteiger partial charge in [0.25, 0.3) is 11.8 Å². The number of nitrogens with one attached hydrogen (secondary N) is 2. The van der Waals surface area contributed by atoms with Crippen molar-refractivity contribution in [2.75, 3.05) is 24.4 Å². The molecule has 2 N–H and O–H groups in total. The summed E-state index contributed by atoms with van der Waals surface area (Å²) in [6.45, 7) is -0.293. The lowest BCUT2D eigenvalue weighted by atomic mass is 10.1. The summed E-state index contributed by atoms with van der Waals surface area (Å²) in [6, 6.07) is 25.1. The van der Waals surface area contributed by atoms with Crippen LogP contribution in [0.25, 0.3) is 10.8 Å². The second-order valence-electron chi connectivity index (χ2n) is 7.17. The van der Waals surface area contributed by atoms with Gasteiger partial charge in [0.1, 0.15) is 11.5 Å². The number of benzene rings is 4. The van der Waals surface area contributed by atoms with Gasteiger partial charge in [0.05, 0.1) is 29.1 Å². The molecule has 33 heavy (non-hydrogen) atoms. The maximum absolute atomic E-state index is 13.2. The first-order valence-electron chi connectivity index (χ1n) is 10.2. The second-order valence-corrected chi connectivity index (χ2v) is 7.57. The van der Waals surface area contributed by atoms with Gasteiger partial charge in [-0.15, -0.1) is 0 Å². The van der Waals surface area contributed by atoms with Crippen LogP contribution in [0, 0.1) is 0 Å². The Labute approximate surface area is 196 Å². The Morgan fingerprint density at radius 1 is 0.788 bits per heavy atom. The molecule has 0 heterocycles. The van der Waals surface area contributed by atoms with Gasteiger partial charge in [-0.2, -0.15) is 0 Å².